The number of unbranched alkanes of at least 4 members (excludes halogenated alkanes) is 5. The van der Waals surface area contributed by atoms with E-state index >= 15 is 0 Å². The molecule has 6 nitrogen and oxygen atoms in total. The van der Waals surface area contributed by atoms with Gasteiger partial charge in [-0.15, -0.1) is 0 Å². The Balaban J connectivity index is 1.63. The Bertz CT molecular complexity index is 806. The molecule has 0 bridgehead atoms. The number of allylic oxidation sites excluding steroid dienone is 1. The van der Waals surface area contributed by atoms with Crippen LogP contribution in [-0.4, -0.2) is 37.1 Å². The number of carbonyl (C=O) groups excluding carboxylic acids is 2. The summed E-state index contributed by atoms with van der Waals surface area (Å²) in [6.45, 7) is 2.57. The molecule has 0 radical (unpaired) electrons. The van der Waals surface area contributed by atoms with Gasteiger partial charge in [-0.25, -0.2) is 0 Å². The minimum Gasteiger partial charge on any atom is -0.493 e. The first-order valence-electron chi connectivity index (χ1n) is 13.4. The Labute approximate surface area is 211 Å². The van der Waals surface area contributed by atoms with Crippen LogP contribution in [0.5, 0.6) is 11.5 Å². The molecule has 0 aromatic heterocycles. The van der Waals surface area contributed by atoms with Gasteiger partial charge in [-0.3, -0.25) is 9.59 Å². The normalized spacial score (nSPS) is 18.7. The summed E-state index contributed by atoms with van der Waals surface area (Å²) in [5.74, 6) is 2.06. The van der Waals surface area contributed by atoms with Gasteiger partial charge < -0.3 is 19.9 Å². The Morgan fingerprint density at radius 1 is 1.14 bits per heavy atom. The number of carbonyl (C=O) groups is 2. The van der Waals surface area contributed by atoms with Crippen LogP contribution in [0.15, 0.2) is 30.4 Å². The summed E-state index contributed by atoms with van der Waals surface area (Å²) in [6.07, 6.45) is 14.6. The Morgan fingerprint density at radius 3 is 2.69 bits per heavy atom. The lowest BCUT2D eigenvalue weighted by Crippen LogP contribution is -2.22. The van der Waals surface area contributed by atoms with Crippen molar-refractivity contribution in [2.45, 2.75) is 96.6 Å². The third-order valence-corrected chi connectivity index (χ3v) is 6.97. The number of methoxy groups -OCH3 is 2. The molecular formula is C29H45NO5. The van der Waals surface area contributed by atoms with Crippen LogP contribution in [0.4, 0.5) is 0 Å². The Morgan fingerprint density at radius 2 is 1.94 bits per heavy atom. The minimum atomic E-state index is -0.394. The number of ketones is 1. The lowest BCUT2D eigenvalue weighted by atomic mass is 9.89. The zero-order chi connectivity index (χ0) is 25.5. The second kappa shape index (κ2) is 16.4. The number of amides is 1. The van der Waals surface area contributed by atoms with E-state index in [9.17, 15) is 14.7 Å². The van der Waals surface area contributed by atoms with Crippen LogP contribution in [0.2, 0.25) is 0 Å². The zero-order valence-electron chi connectivity index (χ0n) is 21.9. The van der Waals surface area contributed by atoms with Gasteiger partial charge in [0.1, 0.15) is 5.78 Å². The molecule has 2 rings (SSSR count). The van der Waals surface area contributed by atoms with Crippen molar-refractivity contribution < 1.29 is 24.2 Å². The molecule has 3 atom stereocenters. The molecule has 1 saturated carbocycles. The average molecular weight is 488 g/mol. The number of hydrogen-bond donors (Lipinski definition) is 2. The fourth-order valence-corrected chi connectivity index (χ4v) is 4.89. The maximum atomic E-state index is 12.4. The summed E-state index contributed by atoms with van der Waals surface area (Å²) in [4.78, 5) is 24.6. The van der Waals surface area contributed by atoms with Crippen molar-refractivity contribution in [2.24, 2.45) is 11.8 Å². The molecule has 1 amide bonds. The number of Topliss-reactive ketones (excluding diaryl/α,β-unsaturated/α-hetero) is 1. The first-order valence-corrected chi connectivity index (χ1v) is 13.4. The number of hydrogen-bond acceptors (Lipinski definition) is 5. The van der Waals surface area contributed by atoms with E-state index in [0.29, 0.717) is 36.7 Å². The first-order chi connectivity index (χ1) is 17.0. The van der Waals surface area contributed by atoms with Crippen molar-refractivity contribution in [3.8, 4) is 11.5 Å². The molecule has 1 fully saturated rings. The molecular weight excluding hydrogens is 442 g/mol. The third-order valence-electron chi connectivity index (χ3n) is 6.97. The van der Waals surface area contributed by atoms with Crippen LogP contribution in [0.25, 0.3) is 0 Å². The van der Waals surface area contributed by atoms with Gasteiger partial charge in [-0.2, -0.15) is 0 Å². The Kier molecular flexibility index (Phi) is 13.5. The van der Waals surface area contributed by atoms with Crippen molar-refractivity contribution in [3.63, 3.8) is 0 Å². The van der Waals surface area contributed by atoms with E-state index < -0.39 is 6.10 Å². The zero-order valence-corrected chi connectivity index (χ0v) is 21.9. The number of benzene rings is 1. The first kappa shape index (κ1) is 28.9. The second-order valence-electron chi connectivity index (χ2n) is 9.61. The lowest BCUT2D eigenvalue weighted by molar-refractivity contribution is -0.122. The second-order valence-corrected chi connectivity index (χ2v) is 9.61. The van der Waals surface area contributed by atoms with Gasteiger partial charge in [0, 0.05) is 30.9 Å². The van der Waals surface area contributed by atoms with Crippen LogP contribution in [0.3, 0.4) is 0 Å². The van der Waals surface area contributed by atoms with Crippen molar-refractivity contribution >= 4 is 11.7 Å². The van der Waals surface area contributed by atoms with E-state index in [1.807, 2.05) is 24.3 Å². The smallest absolute Gasteiger partial charge is 0.220 e. The number of aliphatic hydroxyl groups is 1. The molecule has 1 aliphatic carbocycles. The van der Waals surface area contributed by atoms with Crippen LogP contribution < -0.4 is 14.8 Å². The molecule has 196 valence electrons. The fraction of sp³-hybridized carbons (Fsp3) is 0.655. The molecule has 0 heterocycles. The van der Waals surface area contributed by atoms with Gasteiger partial charge in [-0.05, 0) is 37.7 Å². The highest BCUT2D eigenvalue weighted by molar-refractivity contribution is 5.83. The number of aliphatic hydroxyl groups excluding tert-OH is 1. The van der Waals surface area contributed by atoms with Gasteiger partial charge in [0.2, 0.25) is 5.91 Å². The summed E-state index contributed by atoms with van der Waals surface area (Å²) < 4.78 is 10.7. The third kappa shape index (κ3) is 10.0. The fourth-order valence-electron chi connectivity index (χ4n) is 4.89. The standard InChI is InChI=1S/C29H45NO5/c1-4-5-8-13-24(31)19-17-22-18-20-26(32)25(22)14-9-6-7-10-16-28(33)30-21-23-12-11-15-27(34-2)29(23)35-3/h11-12,15,17,19,22,24-25,31H,4-10,13-14,16,18,20-21H2,1-3H3,(H,30,33)/t22-,24+,25-/m1/s1. The predicted molar refractivity (Wildman–Crippen MR) is 140 cm³/mol. The molecule has 6 heteroatoms. The molecule has 1 aromatic carbocycles. The highest BCUT2D eigenvalue weighted by atomic mass is 16.5. The minimum absolute atomic E-state index is 0.0311. The average Bonchev–Trinajstić information content (AvgIpc) is 3.22. The molecule has 0 aliphatic heterocycles. The highest BCUT2D eigenvalue weighted by Crippen LogP contribution is 2.34. The summed E-state index contributed by atoms with van der Waals surface area (Å²) in [5, 5.41) is 13.1. The van der Waals surface area contributed by atoms with E-state index in [4.69, 9.17) is 9.47 Å². The van der Waals surface area contributed by atoms with E-state index in [-0.39, 0.29) is 17.7 Å². The molecule has 0 unspecified atom stereocenters. The molecule has 1 aliphatic rings. The SMILES string of the molecule is CCCCC[C@H](O)C=C[C@@H]1CCC(=O)[C@@H]1CCCCCCC(=O)NCc1cccc(OC)c1OC. The van der Waals surface area contributed by atoms with Gasteiger partial charge in [0.15, 0.2) is 11.5 Å². The van der Waals surface area contributed by atoms with Gasteiger partial charge in [0.05, 0.1) is 20.3 Å². The summed E-state index contributed by atoms with van der Waals surface area (Å²) in [6, 6.07) is 5.63. The van der Waals surface area contributed by atoms with Crippen LogP contribution in [-0.2, 0) is 16.1 Å². The molecule has 2 N–H and O–H groups in total. The van der Waals surface area contributed by atoms with E-state index in [0.717, 1.165) is 69.8 Å². The molecule has 0 saturated heterocycles. The molecule has 1 aromatic rings. The van der Waals surface area contributed by atoms with Gasteiger partial charge in [-0.1, -0.05) is 69.7 Å². The summed E-state index contributed by atoms with van der Waals surface area (Å²) >= 11 is 0. The van der Waals surface area contributed by atoms with E-state index in [1.54, 1.807) is 14.2 Å². The monoisotopic (exact) mass is 487 g/mol. The molecule has 35 heavy (non-hydrogen) atoms. The number of nitrogens with one attached hydrogen (secondary N) is 1. The number of para-hydroxylation sites is 1. The predicted octanol–water partition coefficient (Wildman–Crippen LogP) is 5.75. The summed E-state index contributed by atoms with van der Waals surface area (Å²) in [5.41, 5.74) is 0.888. The summed E-state index contributed by atoms with van der Waals surface area (Å²) in [7, 11) is 3.19. The van der Waals surface area contributed by atoms with Crippen molar-refractivity contribution in [2.75, 3.05) is 14.2 Å². The number of ether oxygens (including phenoxy) is 2. The Hall–Kier alpha value is -2.34. The highest BCUT2D eigenvalue weighted by Gasteiger charge is 2.32. The maximum absolute atomic E-state index is 12.4. The maximum Gasteiger partial charge on any atom is 0.220 e. The van der Waals surface area contributed by atoms with E-state index in [1.165, 1.54) is 0 Å². The molecule has 0 spiro atoms. The number of rotatable bonds is 17. The van der Waals surface area contributed by atoms with E-state index in [2.05, 4.69) is 18.3 Å². The van der Waals surface area contributed by atoms with Gasteiger partial charge >= 0.3 is 0 Å². The van der Waals surface area contributed by atoms with Crippen molar-refractivity contribution in [1.29, 1.82) is 0 Å². The van der Waals surface area contributed by atoms with Crippen LogP contribution in [0, 0.1) is 11.8 Å². The lowest BCUT2D eigenvalue weighted by Gasteiger charge is -2.15. The van der Waals surface area contributed by atoms with Crippen molar-refractivity contribution in [1.82, 2.24) is 5.32 Å². The van der Waals surface area contributed by atoms with Gasteiger partial charge in [0.25, 0.3) is 0 Å². The topological polar surface area (TPSA) is 84.9 Å². The van der Waals surface area contributed by atoms with Crippen molar-refractivity contribution in [3.05, 3.63) is 35.9 Å². The largest absolute Gasteiger partial charge is 0.493 e. The van der Waals surface area contributed by atoms with Crippen LogP contribution in [0.1, 0.15) is 89.5 Å². The van der Waals surface area contributed by atoms with Crippen LogP contribution >= 0.6 is 0 Å². The quantitative estimate of drug-likeness (QED) is 0.216.